The quantitative estimate of drug-likeness (QED) is 0.383. The fourth-order valence-corrected chi connectivity index (χ4v) is 3.51. The average molecular weight is 458 g/mol. The number of aromatic nitrogens is 1. The van der Waals surface area contributed by atoms with Gasteiger partial charge in [0.05, 0.1) is 0 Å². The molecule has 0 aliphatic rings. The molecular weight excluding hydrogens is 430 g/mol. The number of aliphatic hydroxyl groups is 1. The predicted molar refractivity (Wildman–Crippen MR) is 122 cm³/mol. The Balaban J connectivity index is 1.49. The normalized spacial score (nSPS) is 11.8. The minimum absolute atomic E-state index is 0.164. The second-order valence-corrected chi connectivity index (χ2v) is 7.87. The van der Waals surface area contributed by atoms with Crippen LogP contribution >= 0.6 is 11.3 Å². The molecule has 0 aliphatic carbocycles. The first-order chi connectivity index (χ1) is 15.6. The Morgan fingerprint density at radius 3 is 2.41 bits per heavy atom. The molecule has 1 aromatic carbocycles. The molecule has 3 N–H and O–H groups in total. The number of nitrogens with zero attached hydrogens (tertiary/aromatic N) is 2. The first-order valence-electron chi connectivity index (χ1n) is 10.2. The highest BCUT2D eigenvalue weighted by molar-refractivity contribution is 7.08. The second kappa shape index (κ2) is 12.7. The van der Waals surface area contributed by atoms with Gasteiger partial charge in [-0.05, 0) is 53.4 Å². The highest BCUT2D eigenvalue weighted by atomic mass is 32.1. The van der Waals surface area contributed by atoms with E-state index in [9.17, 15) is 9.90 Å². The third-order valence-electron chi connectivity index (χ3n) is 4.44. The number of aliphatic hydroxyl groups excluding tert-OH is 1. The number of carbonyl (C=O) groups excluding carboxylic acids is 1. The summed E-state index contributed by atoms with van der Waals surface area (Å²) in [6.07, 6.45) is 2.86. The van der Waals surface area contributed by atoms with Crippen molar-refractivity contribution in [1.29, 1.82) is 0 Å². The van der Waals surface area contributed by atoms with Crippen molar-refractivity contribution in [3.05, 3.63) is 71.2 Å². The van der Waals surface area contributed by atoms with Gasteiger partial charge in [0.1, 0.15) is 36.6 Å². The van der Waals surface area contributed by atoms with Crippen molar-refractivity contribution in [3.8, 4) is 17.2 Å². The van der Waals surface area contributed by atoms with Crippen LogP contribution in [0.15, 0.2) is 65.6 Å². The summed E-state index contributed by atoms with van der Waals surface area (Å²) in [6.45, 7) is 2.19. The van der Waals surface area contributed by atoms with Crippen molar-refractivity contribution in [1.82, 2.24) is 9.88 Å². The molecule has 0 radical (unpaired) electrons. The SMILES string of the molecule is NC(=O)COc1ccc(OCCN(Cc2ccncc2)CC(O)COc2ccsc2)cc1. The summed E-state index contributed by atoms with van der Waals surface area (Å²) in [5, 5.41) is 14.3. The number of carbonyl (C=O) groups is 1. The second-order valence-electron chi connectivity index (χ2n) is 7.09. The number of benzene rings is 1. The number of hydrogen-bond acceptors (Lipinski definition) is 8. The zero-order chi connectivity index (χ0) is 22.6. The van der Waals surface area contributed by atoms with Crippen molar-refractivity contribution in [2.24, 2.45) is 5.73 Å². The monoisotopic (exact) mass is 457 g/mol. The van der Waals surface area contributed by atoms with E-state index in [1.165, 1.54) is 0 Å². The van der Waals surface area contributed by atoms with E-state index in [-0.39, 0.29) is 13.2 Å². The third-order valence-corrected chi connectivity index (χ3v) is 5.10. The fraction of sp³-hybridized carbons (Fsp3) is 0.304. The molecule has 0 spiro atoms. The summed E-state index contributed by atoms with van der Waals surface area (Å²) in [5.41, 5.74) is 6.17. The molecule has 9 heteroatoms. The van der Waals surface area contributed by atoms with E-state index in [2.05, 4.69) is 9.88 Å². The number of amides is 1. The maximum absolute atomic E-state index is 10.8. The maximum Gasteiger partial charge on any atom is 0.255 e. The van der Waals surface area contributed by atoms with Crippen LogP contribution in [0.1, 0.15) is 5.56 Å². The lowest BCUT2D eigenvalue weighted by atomic mass is 10.2. The Morgan fingerprint density at radius 1 is 1.03 bits per heavy atom. The Morgan fingerprint density at radius 2 is 1.75 bits per heavy atom. The Kier molecular flexibility index (Phi) is 9.30. The predicted octanol–water partition coefficient (Wildman–Crippen LogP) is 2.33. The van der Waals surface area contributed by atoms with Crippen molar-refractivity contribution >= 4 is 17.2 Å². The minimum Gasteiger partial charge on any atom is -0.492 e. The zero-order valence-corrected chi connectivity index (χ0v) is 18.4. The number of pyridine rings is 1. The summed E-state index contributed by atoms with van der Waals surface area (Å²) in [6, 6.07) is 12.8. The van der Waals surface area contributed by atoms with Gasteiger partial charge >= 0.3 is 0 Å². The van der Waals surface area contributed by atoms with E-state index in [4.69, 9.17) is 19.9 Å². The first kappa shape index (κ1) is 23.5. The molecule has 8 nitrogen and oxygen atoms in total. The number of nitrogens with two attached hydrogens (primary N) is 1. The van der Waals surface area contributed by atoms with Crippen molar-refractivity contribution in [2.75, 3.05) is 32.9 Å². The molecule has 0 aliphatic heterocycles. The summed E-state index contributed by atoms with van der Waals surface area (Å²) in [5.74, 6) is 1.47. The van der Waals surface area contributed by atoms with Gasteiger partial charge in [0.15, 0.2) is 6.61 Å². The van der Waals surface area contributed by atoms with Crippen LogP contribution in [0.5, 0.6) is 17.2 Å². The van der Waals surface area contributed by atoms with Crippen LogP contribution in [0.4, 0.5) is 0 Å². The van der Waals surface area contributed by atoms with Gasteiger partial charge in [0.25, 0.3) is 5.91 Å². The van der Waals surface area contributed by atoms with Gasteiger partial charge in [-0.2, -0.15) is 0 Å². The van der Waals surface area contributed by atoms with Crippen LogP contribution in [0.2, 0.25) is 0 Å². The van der Waals surface area contributed by atoms with Gasteiger partial charge in [-0.1, -0.05) is 0 Å². The largest absolute Gasteiger partial charge is 0.492 e. The number of primary amides is 1. The maximum atomic E-state index is 10.8. The molecule has 1 unspecified atom stereocenters. The molecule has 0 bridgehead atoms. The number of rotatable bonds is 14. The lowest BCUT2D eigenvalue weighted by Crippen LogP contribution is -2.37. The molecule has 3 aromatic rings. The summed E-state index contributed by atoms with van der Waals surface area (Å²) < 4.78 is 16.7. The van der Waals surface area contributed by atoms with Crippen LogP contribution in [0.25, 0.3) is 0 Å². The van der Waals surface area contributed by atoms with Gasteiger partial charge in [-0.15, -0.1) is 11.3 Å². The van der Waals surface area contributed by atoms with Crippen LogP contribution in [0, 0.1) is 0 Å². The van der Waals surface area contributed by atoms with E-state index in [0.717, 1.165) is 11.3 Å². The molecule has 2 aromatic heterocycles. The molecule has 2 heterocycles. The molecule has 0 saturated carbocycles. The van der Waals surface area contributed by atoms with Crippen LogP contribution in [-0.2, 0) is 11.3 Å². The van der Waals surface area contributed by atoms with Gasteiger partial charge in [0.2, 0.25) is 0 Å². The van der Waals surface area contributed by atoms with Crippen molar-refractivity contribution in [3.63, 3.8) is 0 Å². The molecule has 1 atom stereocenters. The molecule has 170 valence electrons. The molecule has 0 fully saturated rings. The number of ether oxygens (including phenoxy) is 3. The Labute approximate surface area is 191 Å². The van der Waals surface area contributed by atoms with Crippen molar-refractivity contribution < 1.29 is 24.1 Å². The summed E-state index contributed by atoms with van der Waals surface area (Å²) in [4.78, 5) is 17.0. The summed E-state index contributed by atoms with van der Waals surface area (Å²) >= 11 is 1.55. The molecule has 0 saturated heterocycles. The van der Waals surface area contributed by atoms with Gasteiger partial charge in [-0.3, -0.25) is 14.7 Å². The van der Waals surface area contributed by atoms with Gasteiger partial charge in [-0.25, -0.2) is 0 Å². The van der Waals surface area contributed by atoms with Gasteiger partial charge in [0, 0.05) is 37.4 Å². The standard InChI is InChI=1S/C23H27N3O5S/c24-23(28)16-31-21-3-1-20(2-4-21)29-11-10-26(13-18-5-8-25-9-6-18)14-19(27)15-30-22-7-12-32-17-22/h1-9,12,17,19,27H,10-11,13-16H2,(H2,24,28). The molecular formula is C23H27N3O5S. The third kappa shape index (κ3) is 8.54. The Bertz CT molecular complexity index is 923. The molecule has 1 amide bonds. The highest BCUT2D eigenvalue weighted by Crippen LogP contribution is 2.18. The van der Waals surface area contributed by atoms with Gasteiger partial charge < -0.3 is 25.1 Å². The fourth-order valence-electron chi connectivity index (χ4n) is 2.94. The minimum atomic E-state index is -0.640. The van der Waals surface area contributed by atoms with E-state index < -0.39 is 12.0 Å². The van der Waals surface area contributed by atoms with Crippen LogP contribution < -0.4 is 19.9 Å². The summed E-state index contributed by atoms with van der Waals surface area (Å²) in [7, 11) is 0. The number of hydrogen-bond donors (Lipinski definition) is 2. The average Bonchev–Trinajstić information content (AvgIpc) is 3.31. The lowest BCUT2D eigenvalue weighted by molar-refractivity contribution is -0.119. The zero-order valence-electron chi connectivity index (χ0n) is 17.6. The molecule has 3 rings (SSSR count). The number of thiophene rings is 1. The smallest absolute Gasteiger partial charge is 0.255 e. The van der Waals surface area contributed by atoms with E-state index >= 15 is 0 Å². The topological polar surface area (TPSA) is 107 Å². The van der Waals surface area contributed by atoms with E-state index in [1.807, 2.05) is 29.0 Å². The lowest BCUT2D eigenvalue weighted by Gasteiger charge is -2.25. The van der Waals surface area contributed by atoms with Crippen LogP contribution in [0.3, 0.4) is 0 Å². The van der Waals surface area contributed by atoms with E-state index in [1.54, 1.807) is 48.0 Å². The van der Waals surface area contributed by atoms with Crippen LogP contribution in [-0.4, -0.2) is 59.9 Å². The van der Waals surface area contributed by atoms with E-state index in [0.29, 0.717) is 37.7 Å². The van der Waals surface area contributed by atoms with Crippen molar-refractivity contribution in [2.45, 2.75) is 12.6 Å². The Hall–Kier alpha value is -3.14. The highest BCUT2D eigenvalue weighted by Gasteiger charge is 2.14. The first-order valence-corrected chi connectivity index (χ1v) is 11.1. The molecule has 32 heavy (non-hydrogen) atoms.